The van der Waals surface area contributed by atoms with Gasteiger partial charge in [0, 0.05) is 5.02 Å². The van der Waals surface area contributed by atoms with Gasteiger partial charge in [-0.15, -0.1) is 0 Å². The predicted molar refractivity (Wildman–Crippen MR) is 98.7 cm³/mol. The third-order valence-corrected chi connectivity index (χ3v) is 3.51. The van der Waals surface area contributed by atoms with Gasteiger partial charge in [0.15, 0.2) is 6.61 Å². The van der Waals surface area contributed by atoms with E-state index in [9.17, 15) is 14.0 Å². The maximum absolute atomic E-state index is 13.6. The summed E-state index contributed by atoms with van der Waals surface area (Å²) in [6, 6.07) is 10.8. The number of hydrogen-bond acceptors (Lipinski definition) is 5. The number of amides is 1. The number of nitrogens with one attached hydrogen (secondary N) is 1. The highest BCUT2D eigenvalue weighted by Gasteiger charge is 2.11. The summed E-state index contributed by atoms with van der Waals surface area (Å²) in [6.45, 7) is 2.04. The fourth-order valence-electron chi connectivity index (χ4n) is 2.05. The molecule has 1 N–H and O–H groups in total. The SMILES string of the molecule is CCOc1ccc(OCCC(=O)OCC(=O)Nc2ccc(Cl)cc2F)cc1. The molecule has 2 rings (SSSR count). The lowest BCUT2D eigenvalue weighted by Crippen LogP contribution is -2.22. The monoisotopic (exact) mass is 395 g/mol. The Morgan fingerprint density at radius 1 is 1.07 bits per heavy atom. The Labute approximate surface area is 161 Å². The topological polar surface area (TPSA) is 73.9 Å². The number of benzene rings is 2. The van der Waals surface area contributed by atoms with Crippen molar-refractivity contribution in [1.82, 2.24) is 0 Å². The van der Waals surface area contributed by atoms with E-state index in [-0.39, 0.29) is 23.7 Å². The minimum atomic E-state index is -0.675. The number of hydrogen-bond donors (Lipinski definition) is 1. The summed E-state index contributed by atoms with van der Waals surface area (Å²) in [6.07, 6.45) is -0.0319. The summed E-state index contributed by atoms with van der Waals surface area (Å²) in [5.74, 6) is -0.620. The van der Waals surface area contributed by atoms with E-state index < -0.39 is 24.3 Å². The molecule has 0 fully saturated rings. The van der Waals surface area contributed by atoms with Gasteiger partial charge in [0.1, 0.15) is 17.3 Å². The van der Waals surface area contributed by atoms with Gasteiger partial charge in [0.25, 0.3) is 5.91 Å². The minimum absolute atomic E-state index is 0.0319. The van der Waals surface area contributed by atoms with Crippen LogP contribution in [0.4, 0.5) is 10.1 Å². The molecule has 144 valence electrons. The van der Waals surface area contributed by atoms with E-state index >= 15 is 0 Å². The van der Waals surface area contributed by atoms with Crippen LogP contribution in [-0.2, 0) is 14.3 Å². The Morgan fingerprint density at radius 3 is 2.37 bits per heavy atom. The van der Waals surface area contributed by atoms with Gasteiger partial charge < -0.3 is 19.5 Å². The quantitative estimate of drug-likeness (QED) is 0.653. The summed E-state index contributed by atoms with van der Waals surface area (Å²) in [7, 11) is 0. The third-order valence-electron chi connectivity index (χ3n) is 3.28. The molecule has 0 unspecified atom stereocenters. The van der Waals surface area contributed by atoms with Crippen molar-refractivity contribution in [1.29, 1.82) is 0 Å². The molecular weight excluding hydrogens is 377 g/mol. The molecule has 2 aromatic rings. The molecule has 6 nitrogen and oxygen atoms in total. The smallest absolute Gasteiger partial charge is 0.309 e. The molecule has 0 spiro atoms. The van der Waals surface area contributed by atoms with E-state index in [2.05, 4.69) is 5.32 Å². The molecular formula is C19H19ClFNO5. The van der Waals surface area contributed by atoms with Gasteiger partial charge in [0.05, 0.1) is 25.3 Å². The van der Waals surface area contributed by atoms with Gasteiger partial charge >= 0.3 is 5.97 Å². The molecule has 0 bridgehead atoms. The van der Waals surface area contributed by atoms with Crippen LogP contribution in [0.2, 0.25) is 5.02 Å². The molecule has 0 atom stereocenters. The Bertz CT molecular complexity index is 782. The molecule has 0 aliphatic heterocycles. The van der Waals surface area contributed by atoms with E-state index in [1.165, 1.54) is 12.1 Å². The third kappa shape index (κ3) is 7.15. The molecule has 0 aliphatic rings. The van der Waals surface area contributed by atoms with Gasteiger partial charge in [-0.25, -0.2) is 4.39 Å². The average molecular weight is 396 g/mol. The first-order chi connectivity index (χ1) is 13.0. The van der Waals surface area contributed by atoms with Crippen LogP contribution in [0.5, 0.6) is 11.5 Å². The van der Waals surface area contributed by atoms with Crippen LogP contribution in [0, 0.1) is 5.82 Å². The van der Waals surface area contributed by atoms with Gasteiger partial charge in [-0.05, 0) is 49.4 Å². The molecule has 27 heavy (non-hydrogen) atoms. The van der Waals surface area contributed by atoms with Crippen LogP contribution >= 0.6 is 11.6 Å². The number of carbonyl (C=O) groups excluding carboxylic acids is 2. The molecule has 0 radical (unpaired) electrons. The summed E-state index contributed by atoms with van der Waals surface area (Å²) in [5, 5.41) is 2.51. The van der Waals surface area contributed by atoms with Crippen molar-refractivity contribution in [3.63, 3.8) is 0 Å². The van der Waals surface area contributed by atoms with E-state index in [4.69, 9.17) is 25.8 Å². The average Bonchev–Trinajstić information content (AvgIpc) is 2.64. The first-order valence-corrected chi connectivity index (χ1v) is 8.62. The lowest BCUT2D eigenvalue weighted by molar-refractivity contribution is -0.147. The van der Waals surface area contributed by atoms with E-state index in [0.29, 0.717) is 12.4 Å². The number of halogens is 2. The molecule has 0 aromatic heterocycles. The lowest BCUT2D eigenvalue weighted by atomic mass is 10.3. The molecule has 0 saturated carbocycles. The Morgan fingerprint density at radius 2 is 1.74 bits per heavy atom. The highest BCUT2D eigenvalue weighted by atomic mass is 35.5. The maximum Gasteiger partial charge on any atom is 0.309 e. The molecule has 1 amide bonds. The zero-order chi connectivity index (χ0) is 19.6. The number of ether oxygens (including phenoxy) is 3. The van der Waals surface area contributed by atoms with Gasteiger partial charge in [-0.3, -0.25) is 9.59 Å². The first kappa shape index (κ1) is 20.5. The van der Waals surface area contributed by atoms with Crippen LogP contribution < -0.4 is 14.8 Å². The van der Waals surface area contributed by atoms with Crippen molar-refractivity contribution in [3.8, 4) is 11.5 Å². The maximum atomic E-state index is 13.6. The zero-order valence-corrected chi connectivity index (χ0v) is 15.4. The summed E-state index contributed by atoms with van der Waals surface area (Å²) >= 11 is 5.63. The fourth-order valence-corrected chi connectivity index (χ4v) is 2.21. The van der Waals surface area contributed by atoms with E-state index in [0.717, 1.165) is 11.8 Å². The van der Waals surface area contributed by atoms with Crippen molar-refractivity contribution < 1.29 is 28.2 Å². The van der Waals surface area contributed by atoms with Crippen molar-refractivity contribution in [2.45, 2.75) is 13.3 Å². The highest BCUT2D eigenvalue weighted by Crippen LogP contribution is 2.19. The second-order valence-corrected chi connectivity index (χ2v) is 5.77. The summed E-state index contributed by atoms with van der Waals surface area (Å²) in [4.78, 5) is 23.4. The standard InChI is InChI=1S/C19H19ClFNO5/c1-2-25-14-4-6-15(7-5-14)26-10-9-19(24)27-12-18(23)22-17-8-3-13(20)11-16(17)21/h3-8,11H,2,9-10,12H2,1H3,(H,22,23). The first-order valence-electron chi connectivity index (χ1n) is 8.24. The molecule has 0 aliphatic carbocycles. The van der Waals surface area contributed by atoms with E-state index in [1.807, 2.05) is 6.92 Å². The van der Waals surface area contributed by atoms with Crippen LogP contribution in [0.1, 0.15) is 13.3 Å². The van der Waals surface area contributed by atoms with Crippen molar-refractivity contribution in [3.05, 3.63) is 53.3 Å². The predicted octanol–water partition coefficient (Wildman–Crippen LogP) is 3.83. The molecule has 0 saturated heterocycles. The lowest BCUT2D eigenvalue weighted by Gasteiger charge is -2.09. The Hall–Kier alpha value is -2.80. The number of anilines is 1. The molecule has 0 heterocycles. The second-order valence-electron chi connectivity index (χ2n) is 5.34. The summed E-state index contributed by atoms with van der Waals surface area (Å²) < 4.78 is 29.1. The second kappa shape index (κ2) is 10.4. The summed E-state index contributed by atoms with van der Waals surface area (Å²) in [5.41, 5.74) is -0.0423. The van der Waals surface area contributed by atoms with Gasteiger partial charge in [0.2, 0.25) is 0 Å². The fraction of sp³-hybridized carbons (Fsp3) is 0.263. The highest BCUT2D eigenvalue weighted by molar-refractivity contribution is 6.30. The van der Waals surface area contributed by atoms with Crippen LogP contribution in [-0.4, -0.2) is 31.7 Å². The van der Waals surface area contributed by atoms with Crippen molar-refractivity contribution in [2.75, 3.05) is 25.1 Å². The Kier molecular flexibility index (Phi) is 7.88. The number of esters is 1. The molecule has 8 heteroatoms. The van der Waals surface area contributed by atoms with Crippen molar-refractivity contribution >= 4 is 29.2 Å². The van der Waals surface area contributed by atoms with Crippen LogP contribution in [0.3, 0.4) is 0 Å². The van der Waals surface area contributed by atoms with Crippen molar-refractivity contribution in [2.24, 2.45) is 0 Å². The van der Waals surface area contributed by atoms with Crippen LogP contribution in [0.15, 0.2) is 42.5 Å². The number of carbonyl (C=O) groups is 2. The van der Waals surface area contributed by atoms with E-state index in [1.54, 1.807) is 24.3 Å². The van der Waals surface area contributed by atoms with Gasteiger partial charge in [-0.1, -0.05) is 11.6 Å². The minimum Gasteiger partial charge on any atom is -0.494 e. The molecule has 2 aromatic carbocycles. The zero-order valence-electron chi connectivity index (χ0n) is 14.7. The number of rotatable bonds is 9. The van der Waals surface area contributed by atoms with Crippen LogP contribution in [0.25, 0.3) is 0 Å². The Balaban J connectivity index is 1.67. The largest absolute Gasteiger partial charge is 0.494 e. The normalized spacial score (nSPS) is 10.2. The van der Waals surface area contributed by atoms with Gasteiger partial charge in [-0.2, -0.15) is 0 Å².